The van der Waals surface area contributed by atoms with Crippen LogP contribution < -0.4 is 5.73 Å². The van der Waals surface area contributed by atoms with Gasteiger partial charge in [-0.3, -0.25) is 4.90 Å². The zero-order chi connectivity index (χ0) is 13.1. The molecule has 0 saturated carbocycles. The SMILES string of the molecule is CC(C)CN1CCC(CN)(N(C)C(C)C)CC1. The Hall–Kier alpha value is -0.120. The standard InChI is InChI=1S/C14H31N3/c1-12(2)10-17-8-6-14(11-15,7-9-17)16(5)13(3)4/h12-13H,6-11,15H2,1-5H3. The van der Waals surface area contributed by atoms with Crippen molar-refractivity contribution >= 4 is 0 Å². The van der Waals surface area contributed by atoms with Crippen LogP contribution in [0.5, 0.6) is 0 Å². The van der Waals surface area contributed by atoms with Gasteiger partial charge in [0.1, 0.15) is 0 Å². The molecule has 0 atom stereocenters. The first kappa shape index (κ1) is 14.9. The molecule has 1 fully saturated rings. The third-order valence-corrected chi connectivity index (χ3v) is 4.31. The van der Waals surface area contributed by atoms with Crippen LogP contribution in [-0.2, 0) is 0 Å². The molecule has 1 saturated heterocycles. The van der Waals surface area contributed by atoms with E-state index in [-0.39, 0.29) is 5.54 Å². The summed E-state index contributed by atoms with van der Waals surface area (Å²) in [5.41, 5.74) is 6.30. The molecule has 1 aliphatic rings. The van der Waals surface area contributed by atoms with Gasteiger partial charge in [0.25, 0.3) is 0 Å². The molecule has 1 rings (SSSR count). The van der Waals surface area contributed by atoms with Crippen LogP contribution in [0.15, 0.2) is 0 Å². The van der Waals surface area contributed by atoms with Crippen molar-refractivity contribution in [1.29, 1.82) is 0 Å². The van der Waals surface area contributed by atoms with Crippen molar-refractivity contribution in [3.8, 4) is 0 Å². The number of likely N-dealkylation sites (N-methyl/N-ethyl adjacent to an activating group) is 1. The Bertz CT molecular complexity index is 218. The molecule has 0 spiro atoms. The second kappa shape index (κ2) is 6.17. The van der Waals surface area contributed by atoms with Crippen molar-refractivity contribution in [2.75, 3.05) is 33.2 Å². The van der Waals surface area contributed by atoms with Crippen LogP contribution in [0.25, 0.3) is 0 Å². The van der Waals surface area contributed by atoms with Crippen LogP contribution in [-0.4, -0.2) is 54.6 Å². The van der Waals surface area contributed by atoms with Crippen molar-refractivity contribution in [3.63, 3.8) is 0 Å². The predicted octanol–water partition coefficient (Wildman–Crippen LogP) is 1.78. The van der Waals surface area contributed by atoms with Gasteiger partial charge in [0, 0.05) is 24.7 Å². The third kappa shape index (κ3) is 3.67. The summed E-state index contributed by atoms with van der Waals surface area (Å²) >= 11 is 0. The fourth-order valence-electron chi connectivity index (χ4n) is 2.92. The van der Waals surface area contributed by atoms with E-state index in [4.69, 9.17) is 5.73 Å². The van der Waals surface area contributed by atoms with Gasteiger partial charge in [0.2, 0.25) is 0 Å². The van der Waals surface area contributed by atoms with Crippen molar-refractivity contribution < 1.29 is 0 Å². The lowest BCUT2D eigenvalue weighted by Gasteiger charge is -2.49. The first-order valence-electron chi connectivity index (χ1n) is 7.06. The fourth-order valence-corrected chi connectivity index (χ4v) is 2.92. The molecular weight excluding hydrogens is 210 g/mol. The Morgan fingerprint density at radius 1 is 1.18 bits per heavy atom. The molecule has 2 N–H and O–H groups in total. The van der Waals surface area contributed by atoms with E-state index in [1.807, 2.05) is 0 Å². The maximum atomic E-state index is 6.06. The normalized spacial score (nSPS) is 21.7. The summed E-state index contributed by atoms with van der Waals surface area (Å²) in [5.74, 6) is 0.767. The minimum absolute atomic E-state index is 0.238. The molecule has 17 heavy (non-hydrogen) atoms. The molecule has 0 aromatic carbocycles. The van der Waals surface area contributed by atoms with E-state index in [2.05, 4.69) is 44.5 Å². The number of hydrogen-bond acceptors (Lipinski definition) is 3. The smallest absolute Gasteiger partial charge is 0.0355 e. The quantitative estimate of drug-likeness (QED) is 0.796. The van der Waals surface area contributed by atoms with Gasteiger partial charge >= 0.3 is 0 Å². The molecule has 0 bridgehead atoms. The van der Waals surface area contributed by atoms with E-state index < -0.39 is 0 Å². The van der Waals surface area contributed by atoms with Gasteiger partial charge in [-0.2, -0.15) is 0 Å². The summed E-state index contributed by atoms with van der Waals surface area (Å²) in [7, 11) is 2.23. The van der Waals surface area contributed by atoms with Crippen LogP contribution in [0.2, 0.25) is 0 Å². The Morgan fingerprint density at radius 3 is 2.06 bits per heavy atom. The van der Waals surface area contributed by atoms with Crippen LogP contribution >= 0.6 is 0 Å². The van der Waals surface area contributed by atoms with Crippen molar-refractivity contribution in [2.45, 2.75) is 52.1 Å². The molecule has 102 valence electrons. The van der Waals surface area contributed by atoms with Crippen molar-refractivity contribution in [1.82, 2.24) is 9.80 Å². The maximum Gasteiger partial charge on any atom is 0.0355 e. The second-order valence-electron chi connectivity index (χ2n) is 6.33. The molecule has 0 unspecified atom stereocenters. The topological polar surface area (TPSA) is 32.5 Å². The lowest BCUT2D eigenvalue weighted by molar-refractivity contribution is 0.0227. The predicted molar refractivity (Wildman–Crippen MR) is 75.2 cm³/mol. The summed E-state index contributed by atoms with van der Waals surface area (Å²) in [6, 6.07) is 0.579. The molecule has 0 aliphatic carbocycles. The molecular formula is C14H31N3. The third-order valence-electron chi connectivity index (χ3n) is 4.31. The number of hydrogen-bond donors (Lipinski definition) is 1. The fraction of sp³-hybridized carbons (Fsp3) is 1.00. The Labute approximate surface area is 107 Å². The number of rotatable bonds is 5. The van der Waals surface area contributed by atoms with Crippen LogP contribution in [0.1, 0.15) is 40.5 Å². The highest BCUT2D eigenvalue weighted by Gasteiger charge is 2.37. The Morgan fingerprint density at radius 2 is 1.71 bits per heavy atom. The molecule has 0 aromatic heterocycles. The van der Waals surface area contributed by atoms with Crippen LogP contribution in [0, 0.1) is 5.92 Å². The first-order valence-corrected chi connectivity index (χ1v) is 7.06. The van der Waals surface area contributed by atoms with Crippen LogP contribution in [0.4, 0.5) is 0 Å². The number of likely N-dealkylation sites (tertiary alicyclic amines) is 1. The van der Waals surface area contributed by atoms with Crippen molar-refractivity contribution in [2.24, 2.45) is 11.7 Å². The van der Waals surface area contributed by atoms with Gasteiger partial charge in [0.15, 0.2) is 0 Å². The summed E-state index contributed by atoms with van der Waals surface area (Å²) in [4.78, 5) is 5.08. The summed E-state index contributed by atoms with van der Waals surface area (Å²) in [6.45, 7) is 13.5. The Balaban J connectivity index is 2.57. The molecule has 1 heterocycles. The van der Waals surface area contributed by atoms with E-state index in [0.717, 1.165) is 12.5 Å². The van der Waals surface area contributed by atoms with Gasteiger partial charge in [-0.15, -0.1) is 0 Å². The molecule has 0 amide bonds. The first-order chi connectivity index (χ1) is 7.91. The van der Waals surface area contributed by atoms with E-state index in [1.165, 1.54) is 32.5 Å². The summed E-state index contributed by atoms with van der Waals surface area (Å²) < 4.78 is 0. The van der Waals surface area contributed by atoms with Gasteiger partial charge in [-0.1, -0.05) is 13.8 Å². The highest BCUT2D eigenvalue weighted by atomic mass is 15.2. The molecule has 3 heteroatoms. The maximum absolute atomic E-state index is 6.06. The molecule has 1 aliphatic heterocycles. The van der Waals surface area contributed by atoms with Gasteiger partial charge in [0.05, 0.1) is 0 Å². The van der Waals surface area contributed by atoms with Gasteiger partial charge in [-0.05, 0) is 52.7 Å². The molecule has 3 nitrogen and oxygen atoms in total. The van der Waals surface area contributed by atoms with E-state index in [9.17, 15) is 0 Å². The number of nitrogens with zero attached hydrogens (tertiary/aromatic N) is 2. The zero-order valence-corrected chi connectivity index (χ0v) is 12.4. The minimum Gasteiger partial charge on any atom is -0.329 e. The lowest BCUT2D eigenvalue weighted by Crippen LogP contribution is -2.60. The van der Waals surface area contributed by atoms with Gasteiger partial charge < -0.3 is 10.6 Å². The Kier molecular flexibility index (Phi) is 5.42. The average Bonchev–Trinajstić information content (AvgIpc) is 2.28. The van der Waals surface area contributed by atoms with E-state index >= 15 is 0 Å². The second-order valence-corrected chi connectivity index (χ2v) is 6.33. The largest absolute Gasteiger partial charge is 0.329 e. The summed E-state index contributed by atoms with van der Waals surface area (Å²) in [5, 5.41) is 0. The van der Waals surface area contributed by atoms with Gasteiger partial charge in [-0.25, -0.2) is 0 Å². The molecule has 0 radical (unpaired) electrons. The zero-order valence-electron chi connectivity index (χ0n) is 12.4. The number of piperidine rings is 1. The summed E-state index contributed by atoms with van der Waals surface area (Å²) in [6.07, 6.45) is 2.43. The highest BCUT2D eigenvalue weighted by molar-refractivity contribution is 4.96. The average molecular weight is 241 g/mol. The van der Waals surface area contributed by atoms with E-state index in [0.29, 0.717) is 6.04 Å². The monoisotopic (exact) mass is 241 g/mol. The van der Waals surface area contributed by atoms with E-state index in [1.54, 1.807) is 0 Å². The molecule has 0 aromatic rings. The lowest BCUT2D eigenvalue weighted by atomic mass is 9.85. The highest BCUT2D eigenvalue weighted by Crippen LogP contribution is 2.28. The van der Waals surface area contributed by atoms with Crippen molar-refractivity contribution in [3.05, 3.63) is 0 Å². The van der Waals surface area contributed by atoms with Crippen LogP contribution in [0.3, 0.4) is 0 Å². The number of nitrogens with two attached hydrogens (primary N) is 1. The minimum atomic E-state index is 0.238.